The molecule has 1 aromatic heterocycles. The summed E-state index contributed by atoms with van der Waals surface area (Å²) < 4.78 is 1.07. The molecule has 2 aromatic rings. The van der Waals surface area contributed by atoms with Crippen molar-refractivity contribution in [3.05, 3.63) is 26.4 Å². The van der Waals surface area contributed by atoms with Crippen LogP contribution in [0.2, 0.25) is 5.02 Å². The lowest BCUT2D eigenvalue weighted by Gasteiger charge is -1.95. The molecule has 0 saturated heterocycles. The molecule has 0 fully saturated rings. The van der Waals surface area contributed by atoms with Crippen LogP contribution in [0.3, 0.4) is 0 Å². The van der Waals surface area contributed by atoms with Crippen LogP contribution in [0.25, 0.3) is 10.9 Å². The second kappa shape index (κ2) is 2.88. The van der Waals surface area contributed by atoms with Crippen molar-refractivity contribution in [1.29, 1.82) is 0 Å². The third kappa shape index (κ3) is 1.21. The Kier molecular flexibility index (Phi) is 2.00. The van der Waals surface area contributed by atoms with Gasteiger partial charge in [0.2, 0.25) is 0 Å². The van der Waals surface area contributed by atoms with E-state index in [0.29, 0.717) is 0 Å². The largest absolute Gasteiger partial charge is 0.271 e. The highest BCUT2D eigenvalue weighted by molar-refractivity contribution is 14.1. The standard InChI is InChI=1S/C8H6ClIN2/c1-4-2-5(9)3-6-7(4)8(10)12-11-6/h2-3H,1H3,(H,11,12). The summed E-state index contributed by atoms with van der Waals surface area (Å²) in [6.45, 7) is 2.03. The number of nitrogens with one attached hydrogen (secondary N) is 1. The highest BCUT2D eigenvalue weighted by Crippen LogP contribution is 2.25. The molecule has 0 aliphatic carbocycles. The molecule has 0 atom stereocenters. The van der Waals surface area contributed by atoms with Crippen LogP contribution in [0, 0.1) is 10.6 Å². The lowest BCUT2D eigenvalue weighted by Crippen LogP contribution is -1.76. The van der Waals surface area contributed by atoms with Gasteiger partial charge in [0.1, 0.15) is 3.70 Å². The normalized spacial score (nSPS) is 10.9. The Morgan fingerprint density at radius 1 is 1.50 bits per heavy atom. The highest BCUT2D eigenvalue weighted by atomic mass is 127. The van der Waals surface area contributed by atoms with Gasteiger partial charge < -0.3 is 0 Å². The number of halogens is 2. The second-order valence-corrected chi connectivity index (χ2v) is 4.17. The fraction of sp³-hybridized carbons (Fsp3) is 0.125. The van der Waals surface area contributed by atoms with Gasteiger partial charge in [-0.2, -0.15) is 5.10 Å². The van der Waals surface area contributed by atoms with E-state index in [0.717, 1.165) is 19.8 Å². The first kappa shape index (κ1) is 8.31. The van der Waals surface area contributed by atoms with Gasteiger partial charge in [-0.05, 0) is 47.2 Å². The maximum atomic E-state index is 5.88. The quantitative estimate of drug-likeness (QED) is 0.743. The van der Waals surface area contributed by atoms with Crippen molar-refractivity contribution in [2.75, 3.05) is 0 Å². The van der Waals surface area contributed by atoms with Gasteiger partial charge in [-0.1, -0.05) is 11.6 Å². The zero-order valence-corrected chi connectivity index (χ0v) is 9.27. The van der Waals surface area contributed by atoms with Crippen molar-refractivity contribution in [3.8, 4) is 0 Å². The number of hydrogen-bond acceptors (Lipinski definition) is 1. The zero-order valence-electron chi connectivity index (χ0n) is 6.36. The molecule has 0 spiro atoms. The summed E-state index contributed by atoms with van der Waals surface area (Å²) in [5.74, 6) is 0. The van der Waals surface area contributed by atoms with Crippen molar-refractivity contribution in [1.82, 2.24) is 10.2 Å². The summed E-state index contributed by atoms with van der Waals surface area (Å²) >= 11 is 8.11. The maximum absolute atomic E-state index is 5.88. The number of aromatic nitrogens is 2. The van der Waals surface area contributed by atoms with E-state index in [9.17, 15) is 0 Å². The first-order valence-corrected chi connectivity index (χ1v) is 4.94. The van der Waals surface area contributed by atoms with E-state index in [1.807, 2.05) is 19.1 Å². The molecule has 12 heavy (non-hydrogen) atoms. The van der Waals surface area contributed by atoms with Crippen molar-refractivity contribution >= 4 is 45.1 Å². The molecule has 0 unspecified atom stereocenters. The van der Waals surface area contributed by atoms with Crippen LogP contribution in [-0.2, 0) is 0 Å². The molecule has 1 aromatic carbocycles. The van der Waals surface area contributed by atoms with Crippen LogP contribution in [-0.4, -0.2) is 10.2 Å². The van der Waals surface area contributed by atoms with Crippen LogP contribution in [0.15, 0.2) is 12.1 Å². The first-order valence-electron chi connectivity index (χ1n) is 3.48. The van der Waals surface area contributed by atoms with Gasteiger partial charge in [0.05, 0.1) is 5.52 Å². The molecule has 2 rings (SSSR count). The Labute approximate surface area is 88.4 Å². The van der Waals surface area contributed by atoms with Crippen molar-refractivity contribution < 1.29 is 0 Å². The molecule has 1 heterocycles. The van der Waals surface area contributed by atoms with Crippen LogP contribution in [0.5, 0.6) is 0 Å². The van der Waals surface area contributed by atoms with Gasteiger partial charge in [-0.25, -0.2) is 0 Å². The van der Waals surface area contributed by atoms with Gasteiger partial charge in [-0.3, -0.25) is 5.10 Å². The van der Waals surface area contributed by atoms with E-state index in [1.54, 1.807) is 0 Å². The Bertz CT molecular complexity index is 436. The number of aryl methyl sites for hydroxylation is 1. The molecule has 4 heteroatoms. The molecule has 0 bridgehead atoms. The van der Waals surface area contributed by atoms with E-state index in [1.165, 1.54) is 5.39 Å². The maximum Gasteiger partial charge on any atom is 0.104 e. The average Bonchev–Trinajstić information content (AvgIpc) is 2.31. The average molecular weight is 293 g/mol. The van der Waals surface area contributed by atoms with Crippen LogP contribution >= 0.6 is 34.2 Å². The predicted octanol–water partition coefficient (Wildman–Crippen LogP) is 3.13. The molecule has 0 saturated carbocycles. The monoisotopic (exact) mass is 292 g/mol. The number of H-pyrrole nitrogens is 1. The molecular weight excluding hydrogens is 286 g/mol. The van der Waals surface area contributed by atoms with Gasteiger partial charge in [-0.15, -0.1) is 0 Å². The smallest absolute Gasteiger partial charge is 0.104 e. The topological polar surface area (TPSA) is 28.7 Å². The lowest BCUT2D eigenvalue weighted by atomic mass is 10.1. The molecule has 0 radical (unpaired) electrons. The SMILES string of the molecule is Cc1cc(Cl)cc2n[nH]c(I)c12. The van der Waals surface area contributed by atoms with Gasteiger partial charge in [0.25, 0.3) is 0 Å². The third-order valence-corrected chi connectivity index (χ3v) is 2.77. The van der Waals surface area contributed by atoms with Gasteiger partial charge in [0.15, 0.2) is 0 Å². The number of benzene rings is 1. The predicted molar refractivity (Wildman–Crippen MR) is 58.6 cm³/mol. The Hall–Kier alpha value is -0.290. The number of nitrogens with zero attached hydrogens (tertiary/aromatic N) is 1. The van der Waals surface area contributed by atoms with Crippen LogP contribution < -0.4 is 0 Å². The molecular formula is C8H6ClIN2. The Balaban J connectivity index is 2.93. The zero-order chi connectivity index (χ0) is 8.72. The number of fused-ring (bicyclic) bond motifs is 1. The van der Waals surface area contributed by atoms with Gasteiger partial charge in [0, 0.05) is 10.4 Å². The van der Waals surface area contributed by atoms with Gasteiger partial charge >= 0.3 is 0 Å². The summed E-state index contributed by atoms with van der Waals surface area (Å²) in [4.78, 5) is 0. The molecule has 62 valence electrons. The highest BCUT2D eigenvalue weighted by Gasteiger charge is 2.05. The fourth-order valence-electron chi connectivity index (χ4n) is 1.26. The molecule has 1 N–H and O–H groups in total. The number of hydrogen-bond donors (Lipinski definition) is 1. The van der Waals surface area contributed by atoms with Crippen molar-refractivity contribution in [2.24, 2.45) is 0 Å². The Morgan fingerprint density at radius 3 is 3.00 bits per heavy atom. The molecule has 0 amide bonds. The van der Waals surface area contributed by atoms with Crippen molar-refractivity contribution in [3.63, 3.8) is 0 Å². The second-order valence-electron chi connectivity index (χ2n) is 2.65. The fourth-order valence-corrected chi connectivity index (χ4v) is 2.35. The number of aromatic amines is 1. The summed E-state index contributed by atoms with van der Waals surface area (Å²) in [5, 5.41) is 8.95. The first-order chi connectivity index (χ1) is 5.68. The summed E-state index contributed by atoms with van der Waals surface area (Å²) in [6, 6.07) is 3.81. The van der Waals surface area contributed by atoms with E-state index < -0.39 is 0 Å². The summed E-state index contributed by atoms with van der Waals surface area (Å²) in [7, 11) is 0. The minimum Gasteiger partial charge on any atom is -0.271 e. The van der Waals surface area contributed by atoms with Crippen LogP contribution in [0.1, 0.15) is 5.56 Å². The van der Waals surface area contributed by atoms with E-state index in [4.69, 9.17) is 11.6 Å². The minimum absolute atomic E-state index is 0.739. The summed E-state index contributed by atoms with van der Waals surface area (Å²) in [5.41, 5.74) is 2.10. The minimum atomic E-state index is 0.739. The van der Waals surface area contributed by atoms with E-state index in [2.05, 4.69) is 32.8 Å². The molecule has 0 aliphatic rings. The van der Waals surface area contributed by atoms with E-state index >= 15 is 0 Å². The number of rotatable bonds is 0. The van der Waals surface area contributed by atoms with Crippen LogP contribution in [0.4, 0.5) is 0 Å². The summed E-state index contributed by atoms with van der Waals surface area (Å²) in [6.07, 6.45) is 0. The van der Waals surface area contributed by atoms with Crippen molar-refractivity contribution in [2.45, 2.75) is 6.92 Å². The lowest BCUT2D eigenvalue weighted by molar-refractivity contribution is 1.09. The third-order valence-electron chi connectivity index (χ3n) is 1.77. The molecule has 2 nitrogen and oxygen atoms in total. The Morgan fingerprint density at radius 2 is 2.25 bits per heavy atom. The molecule has 0 aliphatic heterocycles. The van der Waals surface area contributed by atoms with E-state index in [-0.39, 0.29) is 0 Å².